The molecule has 1 fully saturated rings. The average Bonchev–Trinajstić information content (AvgIpc) is 3.37. The number of thiophene rings is 1. The van der Waals surface area contributed by atoms with E-state index in [0.717, 1.165) is 45.7 Å². The number of hydrogen-bond acceptors (Lipinski definition) is 7. The Morgan fingerprint density at radius 3 is 2.96 bits per heavy atom. The highest BCUT2D eigenvalue weighted by Gasteiger charge is 2.26. The third-order valence-electron chi connectivity index (χ3n) is 4.53. The molecule has 4 rings (SSSR count). The molecule has 0 aromatic carbocycles. The quantitative estimate of drug-likeness (QED) is 0.713. The first-order valence-electron chi connectivity index (χ1n) is 8.92. The van der Waals surface area contributed by atoms with Gasteiger partial charge in [-0.3, -0.25) is 4.79 Å². The number of anilines is 1. The van der Waals surface area contributed by atoms with Gasteiger partial charge in [0.15, 0.2) is 0 Å². The molecule has 1 aliphatic rings. The minimum absolute atomic E-state index is 0.0785. The van der Waals surface area contributed by atoms with E-state index in [0.29, 0.717) is 12.4 Å². The van der Waals surface area contributed by atoms with Gasteiger partial charge in [-0.25, -0.2) is 15.0 Å². The van der Waals surface area contributed by atoms with Crippen molar-refractivity contribution in [1.82, 2.24) is 20.3 Å². The lowest BCUT2D eigenvalue weighted by Crippen LogP contribution is -2.38. The minimum Gasteiger partial charge on any atom is -0.351 e. The summed E-state index contributed by atoms with van der Waals surface area (Å²) in [7, 11) is 0. The topological polar surface area (TPSA) is 71.0 Å². The highest BCUT2D eigenvalue weighted by atomic mass is 32.1. The molecular weight excluding hydrogens is 378 g/mol. The van der Waals surface area contributed by atoms with Gasteiger partial charge in [0.05, 0.1) is 27.7 Å². The van der Waals surface area contributed by atoms with Crippen LogP contribution in [0.2, 0.25) is 0 Å². The first kappa shape index (κ1) is 18.1. The van der Waals surface area contributed by atoms with Crippen LogP contribution in [0.4, 0.5) is 5.95 Å². The first-order chi connectivity index (χ1) is 13.1. The molecule has 0 radical (unpaired) electrons. The van der Waals surface area contributed by atoms with E-state index in [1.807, 2.05) is 37.4 Å². The number of nitrogens with one attached hydrogen (secondary N) is 1. The summed E-state index contributed by atoms with van der Waals surface area (Å²) in [6.07, 6.45) is 3.15. The van der Waals surface area contributed by atoms with Crippen LogP contribution in [-0.4, -0.2) is 40.0 Å². The number of carbonyl (C=O) groups excluding carboxylic acids is 1. The van der Waals surface area contributed by atoms with Crippen LogP contribution in [0.3, 0.4) is 0 Å². The van der Waals surface area contributed by atoms with Crippen molar-refractivity contribution in [3.8, 4) is 10.6 Å². The summed E-state index contributed by atoms with van der Waals surface area (Å²) < 4.78 is 0. The van der Waals surface area contributed by atoms with E-state index >= 15 is 0 Å². The van der Waals surface area contributed by atoms with Gasteiger partial charge in [0, 0.05) is 30.2 Å². The lowest BCUT2D eigenvalue weighted by Gasteiger charge is -2.17. The molecular formula is C19H21N5OS2. The van der Waals surface area contributed by atoms with Crippen LogP contribution in [0.25, 0.3) is 10.6 Å². The van der Waals surface area contributed by atoms with E-state index in [2.05, 4.69) is 20.2 Å². The van der Waals surface area contributed by atoms with Gasteiger partial charge in [-0.15, -0.1) is 22.7 Å². The Morgan fingerprint density at radius 1 is 1.33 bits per heavy atom. The Hall–Kier alpha value is -2.32. The highest BCUT2D eigenvalue weighted by Crippen LogP contribution is 2.29. The Kier molecular flexibility index (Phi) is 5.18. The van der Waals surface area contributed by atoms with E-state index < -0.39 is 0 Å². The van der Waals surface area contributed by atoms with Crippen LogP contribution in [0, 0.1) is 13.8 Å². The lowest BCUT2D eigenvalue weighted by molar-refractivity contribution is -0.120. The fourth-order valence-electron chi connectivity index (χ4n) is 3.31. The van der Waals surface area contributed by atoms with E-state index in [1.165, 1.54) is 0 Å². The van der Waals surface area contributed by atoms with Gasteiger partial charge in [-0.2, -0.15) is 0 Å². The van der Waals surface area contributed by atoms with Crippen LogP contribution in [0.5, 0.6) is 0 Å². The molecule has 0 bridgehead atoms. The fraction of sp³-hybridized carbons (Fsp3) is 0.368. The molecule has 27 heavy (non-hydrogen) atoms. The fourth-order valence-corrected chi connectivity index (χ4v) is 4.90. The van der Waals surface area contributed by atoms with E-state index in [9.17, 15) is 4.79 Å². The molecule has 8 heteroatoms. The summed E-state index contributed by atoms with van der Waals surface area (Å²) in [6.45, 7) is 5.59. The second-order valence-corrected chi connectivity index (χ2v) is 8.88. The zero-order valence-corrected chi connectivity index (χ0v) is 16.9. The van der Waals surface area contributed by atoms with E-state index in [4.69, 9.17) is 4.98 Å². The van der Waals surface area contributed by atoms with Crippen molar-refractivity contribution in [2.75, 3.05) is 18.0 Å². The number of thiazole rings is 1. The van der Waals surface area contributed by atoms with Crippen LogP contribution in [0.1, 0.15) is 22.0 Å². The summed E-state index contributed by atoms with van der Waals surface area (Å²) in [5, 5.41) is 6.17. The van der Waals surface area contributed by atoms with Crippen LogP contribution >= 0.6 is 22.7 Å². The van der Waals surface area contributed by atoms with Gasteiger partial charge in [0.25, 0.3) is 0 Å². The van der Waals surface area contributed by atoms with Gasteiger partial charge in [0.1, 0.15) is 0 Å². The zero-order chi connectivity index (χ0) is 18.8. The Labute approximate surface area is 166 Å². The molecule has 3 aromatic heterocycles. The maximum absolute atomic E-state index is 12.2. The number of aromatic nitrogens is 3. The first-order valence-corrected chi connectivity index (χ1v) is 10.6. The van der Waals surface area contributed by atoms with Crippen LogP contribution in [-0.2, 0) is 11.2 Å². The second kappa shape index (κ2) is 7.74. The standard InChI is InChI=1S/C19H21N5OS2/c1-12-18(27-13(2)21-12)16-5-7-20-19(23-16)24-8-6-14(11-24)22-17(25)10-15-4-3-9-26-15/h3-5,7,9,14H,6,8,10-11H2,1-2H3,(H,22,25). The minimum atomic E-state index is 0.0785. The molecule has 0 aliphatic carbocycles. The number of hydrogen-bond donors (Lipinski definition) is 1. The van der Waals surface area contributed by atoms with Gasteiger partial charge in [-0.1, -0.05) is 6.07 Å². The third kappa shape index (κ3) is 4.17. The monoisotopic (exact) mass is 399 g/mol. The van der Waals surface area contributed by atoms with E-state index in [-0.39, 0.29) is 11.9 Å². The molecule has 1 amide bonds. The molecule has 1 aliphatic heterocycles. The number of amides is 1. The van der Waals surface area contributed by atoms with Gasteiger partial charge in [0.2, 0.25) is 11.9 Å². The van der Waals surface area contributed by atoms with Crippen molar-refractivity contribution in [3.63, 3.8) is 0 Å². The molecule has 4 heterocycles. The molecule has 1 atom stereocenters. The van der Waals surface area contributed by atoms with Crippen molar-refractivity contribution in [3.05, 3.63) is 45.4 Å². The Morgan fingerprint density at radius 2 is 2.22 bits per heavy atom. The predicted molar refractivity (Wildman–Crippen MR) is 109 cm³/mol. The average molecular weight is 400 g/mol. The third-order valence-corrected chi connectivity index (χ3v) is 6.50. The van der Waals surface area contributed by atoms with Crippen molar-refractivity contribution in [2.45, 2.75) is 32.7 Å². The number of aryl methyl sites for hydroxylation is 2. The van der Waals surface area contributed by atoms with E-state index in [1.54, 1.807) is 28.9 Å². The maximum atomic E-state index is 12.2. The molecule has 0 saturated carbocycles. The zero-order valence-electron chi connectivity index (χ0n) is 15.3. The molecule has 1 unspecified atom stereocenters. The van der Waals surface area contributed by atoms with Crippen molar-refractivity contribution < 1.29 is 4.79 Å². The number of rotatable bonds is 5. The van der Waals surface area contributed by atoms with Crippen molar-refractivity contribution >= 4 is 34.5 Å². The van der Waals surface area contributed by atoms with Crippen LogP contribution in [0.15, 0.2) is 29.8 Å². The summed E-state index contributed by atoms with van der Waals surface area (Å²) >= 11 is 3.27. The number of nitrogens with zero attached hydrogens (tertiary/aromatic N) is 4. The Balaban J connectivity index is 1.41. The summed E-state index contributed by atoms with van der Waals surface area (Å²) in [4.78, 5) is 30.2. The normalized spacial score (nSPS) is 16.7. The molecule has 3 aromatic rings. The predicted octanol–water partition coefficient (Wildman–Crippen LogP) is 3.22. The molecule has 140 valence electrons. The largest absolute Gasteiger partial charge is 0.351 e. The second-order valence-electron chi connectivity index (χ2n) is 6.64. The summed E-state index contributed by atoms with van der Waals surface area (Å²) in [5.41, 5.74) is 1.91. The Bertz CT molecular complexity index is 937. The summed E-state index contributed by atoms with van der Waals surface area (Å²) in [5.74, 6) is 0.794. The summed E-state index contributed by atoms with van der Waals surface area (Å²) in [6, 6.07) is 6.03. The molecule has 1 N–H and O–H groups in total. The SMILES string of the molecule is Cc1nc(C)c(-c2ccnc(N3CCC(NC(=O)Cc4cccs4)C3)n2)s1. The van der Waals surface area contributed by atoms with Crippen LogP contribution < -0.4 is 10.2 Å². The highest BCUT2D eigenvalue weighted by molar-refractivity contribution is 7.15. The van der Waals surface area contributed by atoms with Gasteiger partial charge in [-0.05, 0) is 37.8 Å². The van der Waals surface area contributed by atoms with Crippen molar-refractivity contribution in [2.24, 2.45) is 0 Å². The molecule has 1 saturated heterocycles. The van der Waals surface area contributed by atoms with Gasteiger partial charge < -0.3 is 10.2 Å². The lowest BCUT2D eigenvalue weighted by atomic mass is 10.2. The smallest absolute Gasteiger partial charge is 0.225 e. The van der Waals surface area contributed by atoms with Crippen molar-refractivity contribution in [1.29, 1.82) is 0 Å². The maximum Gasteiger partial charge on any atom is 0.225 e. The molecule has 0 spiro atoms. The van der Waals surface area contributed by atoms with Gasteiger partial charge >= 0.3 is 0 Å². The molecule has 6 nitrogen and oxygen atoms in total. The number of carbonyl (C=O) groups is 1.